The summed E-state index contributed by atoms with van der Waals surface area (Å²) >= 11 is 0. The minimum Gasteiger partial charge on any atom is -0.258 e. The highest BCUT2D eigenvalue weighted by Crippen LogP contribution is 2.31. The Morgan fingerprint density at radius 2 is 1.95 bits per heavy atom. The van der Waals surface area contributed by atoms with Gasteiger partial charge in [-0.25, -0.2) is 13.1 Å². The van der Waals surface area contributed by atoms with Crippen LogP contribution in [0.2, 0.25) is 0 Å². The molecule has 0 bridgehead atoms. The molecule has 7 heteroatoms. The molecule has 0 aliphatic heterocycles. The molecule has 1 saturated carbocycles. The summed E-state index contributed by atoms with van der Waals surface area (Å²) in [6.45, 7) is 5.77. The molecule has 1 aromatic carbocycles. The van der Waals surface area contributed by atoms with E-state index in [1.807, 2.05) is 0 Å². The second-order valence-corrected chi connectivity index (χ2v) is 7.91. The first-order valence-corrected chi connectivity index (χ1v) is 8.98. The van der Waals surface area contributed by atoms with Crippen molar-refractivity contribution in [3.63, 3.8) is 0 Å². The highest BCUT2D eigenvalue weighted by Gasteiger charge is 2.31. The van der Waals surface area contributed by atoms with Crippen LogP contribution in [0.25, 0.3) is 0 Å². The van der Waals surface area contributed by atoms with Gasteiger partial charge in [-0.1, -0.05) is 32.8 Å². The third-order valence-corrected chi connectivity index (χ3v) is 6.19. The van der Waals surface area contributed by atoms with E-state index in [9.17, 15) is 18.5 Å². The van der Waals surface area contributed by atoms with Crippen molar-refractivity contribution in [3.8, 4) is 0 Å². The summed E-state index contributed by atoms with van der Waals surface area (Å²) < 4.78 is 27.7. The molecule has 2 rings (SSSR count). The lowest BCUT2D eigenvalue weighted by Gasteiger charge is -2.34. The van der Waals surface area contributed by atoms with Gasteiger partial charge in [-0.05, 0) is 31.2 Å². The van der Waals surface area contributed by atoms with Gasteiger partial charge in [-0.15, -0.1) is 0 Å². The van der Waals surface area contributed by atoms with Gasteiger partial charge < -0.3 is 0 Å². The van der Waals surface area contributed by atoms with Crippen molar-refractivity contribution in [2.45, 2.75) is 51.0 Å². The van der Waals surface area contributed by atoms with Crippen molar-refractivity contribution in [1.29, 1.82) is 0 Å². The van der Waals surface area contributed by atoms with Gasteiger partial charge in [-0.3, -0.25) is 10.1 Å². The Hall–Kier alpha value is -1.47. The Morgan fingerprint density at radius 1 is 1.27 bits per heavy atom. The Labute approximate surface area is 131 Å². The van der Waals surface area contributed by atoms with E-state index < -0.39 is 14.9 Å². The van der Waals surface area contributed by atoms with Crippen LogP contribution in [0, 0.1) is 28.9 Å². The van der Waals surface area contributed by atoms with Crippen LogP contribution < -0.4 is 4.72 Å². The zero-order valence-corrected chi connectivity index (χ0v) is 13.9. The first kappa shape index (κ1) is 16.9. The summed E-state index contributed by atoms with van der Waals surface area (Å²) in [6.07, 6.45) is 2.90. The third-order valence-electron chi connectivity index (χ3n) is 4.70. The van der Waals surface area contributed by atoms with Gasteiger partial charge >= 0.3 is 0 Å². The van der Waals surface area contributed by atoms with Crippen LogP contribution in [0.1, 0.15) is 38.7 Å². The molecule has 122 valence electrons. The quantitative estimate of drug-likeness (QED) is 0.680. The van der Waals surface area contributed by atoms with Gasteiger partial charge in [0.2, 0.25) is 10.0 Å². The second kappa shape index (κ2) is 6.34. The maximum absolute atomic E-state index is 12.5. The first-order chi connectivity index (χ1) is 10.2. The van der Waals surface area contributed by atoms with E-state index in [0.717, 1.165) is 25.3 Å². The normalized spacial score (nSPS) is 25.9. The fourth-order valence-corrected chi connectivity index (χ4v) is 4.35. The van der Waals surface area contributed by atoms with Crippen LogP contribution in [-0.2, 0) is 10.0 Å². The molecule has 6 nitrogen and oxygen atoms in total. The lowest BCUT2D eigenvalue weighted by atomic mass is 9.78. The molecule has 1 aliphatic rings. The average molecular weight is 326 g/mol. The first-order valence-electron chi connectivity index (χ1n) is 7.49. The molecule has 1 N–H and O–H groups in total. The van der Waals surface area contributed by atoms with Crippen LogP contribution >= 0.6 is 0 Å². The highest BCUT2D eigenvalue weighted by atomic mass is 32.2. The summed E-state index contributed by atoms with van der Waals surface area (Å²) in [5.74, 6) is 0.720. The Bertz CT molecular complexity index is 672. The molecule has 22 heavy (non-hydrogen) atoms. The van der Waals surface area contributed by atoms with Gasteiger partial charge in [0.15, 0.2) is 0 Å². The molecular formula is C15H22N2O4S. The number of sulfonamides is 1. The lowest BCUT2D eigenvalue weighted by molar-refractivity contribution is -0.385. The molecule has 0 unspecified atom stereocenters. The lowest BCUT2D eigenvalue weighted by Crippen LogP contribution is -2.43. The Balaban J connectivity index is 2.27. The van der Waals surface area contributed by atoms with Gasteiger partial charge in [0.1, 0.15) is 0 Å². The van der Waals surface area contributed by atoms with Crippen molar-refractivity contribution in [1.82, 2.24) is 4.72 Å². The topological polar surface area (TPSA) is 89.3 Å². The average Bonchev–Trinajstić information content (AvgIpc) is 2.43. The van der Waals surface area contributed by atoms with Gasteiger partial charge in [0.05, 0.1) is 9.82 Å². The third kappa shape index (κ3) is 3.47. The molecular weight excluding hydrogens is 304 g/mol. The van der Waals surface area contributed by atoms with Gasteiger partial charge in [0, 0.05) is 17.7 Å². The van der Waals surface area contributed by atoms with Crippen LogP contribution in [0.5, 0.6) is 0 Å². The molecule has 0 aromatic heterocycles. The molecule has 3 atom stereocenters. The van der Waals surface area contributed by atoms with E-state index in [1.165, 1.54) is 12.1 Å². The van der Waals surface area contributed by atoms with E-state index in [-0.39, 0.29) is 22.5 Å². The van der Waals surface area contributed by atoms with E-state index in [2.05, 4.69) is 18.6 Å². The number of benzene rings is 1. The van der Waals surface area contributed by atoms with Gasteiger partial charge in [-0.2, -0.15) is 0 Å². The largest absolute Gasteiger partial charge is 0.273 e. The van der Waals surface area contributed by atoms with E-state index in [1.54, 1.807) is 6.92 Å². The molecule has 1 aliphatic carbocycles. The van der Waals surface area contributed by atoms with Crippen molar-refractivity contribution in [3.05, 3.63) is 33.9 Å². The van der Waals surface area contributed by atoms with Crippen molar-refractivity contribution in [2.75, 3.05) is 0 Å². The van der Waals surface area contributed by atoms with E-state index in [0.29, 0.717) is 11.5 Å². The predicted octanol–water partition coefficient (Wildman–Crippen LogP) is 3.01. The van der Waals surface area contributed by atoms with Crippen molar-refractivity contribution in [2.24, 2.45) is 11.8 Å². The fraction of sp³-hybridized carbons (Fsp3) is 0.600. The second-order valence-electron chi connectivity index (χ2n) is 6.20. The number of nitro benzene ring substituents is 1. The molecule has 0 heterocycles. The van der Waals surface area contributed by atoms with Gasteiger partial charge in [0.25, 0.3) is 5.69 Å². The molecule has 0 spiro atoms. The van der Waals surface area contributed by atoms with Crippen LogP contribution in [0.4, 0.5) is 5.69 Å². The van der Waals surface area contributed by atoms with Crippen LogP contribution in [0.3, 0.4) is 0 Å². The molecule has 1 aromatic rings. The number of aryl methyl sites for hydroxylation is 1. The van der Waals surface area contributed by atoms with Crippen molar-refractivity contribution >= 4 is 15.7 Å². The number of nitrogens with one attached hydrogen (secondary N) is 1. The van der Waals surface area contributed by atoms with Crippen LogP contribution in [0.15, 0.2) is 23.1 Å². The summed E-state index contributed by atoms with van der Waals surface area (Å²) in [5, 5.41) is 11.0. The Morgan fingerprint density at radius 3 is 2.59 bits per heavy atom. The number of nitrogens with zero attached hydrogens (tertiary/aromatic N) is 1. The monoisotopic (exact) mass is 326 g/mol. The smallest absolute Gasteiger partial charge is 0.258 e. The minimum absolute atomic E-state index is 0.0461. The number of hydrogen-bond donors (Lipinski definition) is 1. The van der Waals surface area contributed by atoms with Crippen molar-refractivity contribution < 1.29 is 13.3 Å². The summed E-state index contributed by atoms with van der Waals surface area (Å²) in [5.41, 5.74) is 0.275. The molecule has 1 fully saturated rings. The number of hydrogen-bond acceptors (Lipinski definition) is 4. The maximum Gasteiger partial charge on any atom is 0.273 e. The fourth-order valence-electron chi connectivity index (χ4n) is 2.97. The maximum atomic E-state index is 12.5. The minimum atomic E-state index is -3.74. The highest BCUT2D eigenvalue weighted by molar-refractivity contribution is 7.89. The SMILES string of the molecule is Cc1ccc(S(=O)(=O)N[C@H]2CCC[C@@H](C)[C@@H]2C)cc1[N+](=O)[O-]. The van der Waals surface area contributed by atoms with Crippen LogP contribution in [-0.4, -0.2) is 19.4 Å². The zero-order valence-electron chi connectivity index (χ0n) is 13.1. The molecule has 0 radical (unpaired) electrons. The summed E-state index contributed by atoms with van der Waals surface area (Å²) in [4.78, 5) is 10.4. The predicted molar refractivity (Wildman–Crippen MR) is 84.1 cm³/mol. The molecule has 0 amide bonds. The summed E-state index contributed by atoms with van der Waals surface area (Å²) in [6, 6.07) is 3.91. The number of nitro groups is 1. The molecule has 0 saturated heterocycles. The zero-order chi connectivity index (χ0) is 16.5. The van der Waals surface area contributed by atoms with E-state index >= 15 is 0 Å². The Kier molecular flexibility index (Phi) is 4.87. The number of rotatable bonds is 4. The standard InChI is InChI=1S/C15H22N2O4S/c1-10-5-4-6-14(12(10)3)16-22(20,21)13-8-7-11(2)15(9-13)17(18)19/h7-10,12,14,16H,4-6H2,1-3H3/t10-,12+,14+/m1/s1. The summed E-state index contributed by atoms with van der Waals surface area (Å²) in [7, 11) is -3.74. The van der Waals surface area contributed by atoms with E-state index in [4.69, 9.17) is 0 Å².